The third-order valence-corrected chi connectivity index (χ3v) is 9.41. The number of phosphoric acid groups is 2. The second-order valence-electron chi connectivity index (χ2n) is 10.5. The van der Waals surface area contributed by atoms with E-state index in [1.54, 1.807) is 0 Å². The van der Waals surface area contributed by atoms with Crippen molar-refractivity contribution in [3.05, 3.63) is 12.7 Å². The molecule has 0 spiro atoms. The second kappa shape index (κ2) is 15.3. The first kappa shape index (κ1) is 38.6. The van der Waals surface area contributed by atoms with Gasteiger partial charge in [-0.15, -0.1) is 0 Å². The Morgan fingerprint density at radius 2 is 1.61 bits per heavy atom. The van der Waals surface area contributed by atoms with Gasteiger partial charge in [-0.3, -0.25) is 28.0 Å². The molecule has 274 valence electrons. The molecule has 12 atom stereocenters. The van der Waals surface area contributed by atoms with E-state index in [0.717, 1.165) is 27.1 Å². The number of nitrogen functional groups attached to an aromatic ring is 1. The zero-order chi connectivity index (χ0) is 36.4. The van der Waals surface area contributed by atoms with Crippen molar-refractivity contribution >= 4 is 50.5 Å². The lowest BCUT2D eigenvalue weighted by atomic mass is 9.95. The first-order chi connectivity index (χ1) is 22.8. The van der Waals surface area contributed by atoms with Crippen LogP contribution < -0.4 is 5.73 Å². The van der Waals surface area contributed by atoms with Crippen molar-refractivity contribution in [2.24, 2.45) is 0 Å². The number of carbonyl (C=O) groups excluding carboxylic acids is 3. The lowest BCUT2D eigenvalue weighted by molar-refractivity contribution is -0.293. The zero-order valence-corrected chi connectivity index (χ0v) is 27.3. The predicted molar refractivity (Wildman–Crippen MR) is 151 cm³/mol. The van der Waals surface area contributed by atoms with Gasteiger partial charge in [-0.1, -0.05) is 0 Å². The van der Waals surface area contributed by atoms with E-state index in [4.69, 9.17) is 24.7 Å². The molecule has 4 rings (SSSR count). The maximum atomic E-state index is 15.2. The van der Waals surface area contributed by atoms with E-state index in [-0.39, 0.29) is 17.0 Å². The maximum absolute atomic E-state index is 15.2. The summed E-state index contributed by atoms with van der Waals surface area (Å²) in [7, 11) is -11.5. The molecule has 2 aromatic rings. The van der Waals surface area contributed by atoms with Gasteiger partial charge >= 0.3 is 33.6 Å². The van der Waals surface area contributed by atoms with Gasteiger partial charge in [-0.05, 0) is 0 Å². The molecule has 0 radical (unpaired) electrons. The van der Waals surface area contributed by atoms with Gasteiger partial charge in [0.05, 0.1) is 12.9 Å². The van der Waals surface area contributed by atoms with Crippen LogP contribution in [0, 0.1) is 0 Å². The van der Waals surface area contributed by atoms with Crippen molar-refractivity contribution in [1.82, 2.24) is 19.5 Å². The summed E-state index contributed by atoms with van der Waals surface area (Å²) in [6.45, 7) is 0.625. The molecule has 2 aliphatic rings. The van der Waals surface area contributed by atoms with Crippen LogP contribution in [0.4, 0.5) is 10.2 Å². The van der Waals surface area contributed by atoms with Crippen LogP contribution in [-0.4, -0.2) is 131 Å². The fourth-order valence-corrected chi connectivity index (χ4v) is 6.96. The Hall–Kier alpha value is -3.25. The van der Waals surface area contributed by atoms with Crippen LogP contribution in [0.2, 0.25) is 0 Å². The van der Waals surface area contributed by atoms with Crippen molar-refractivity contribution in [2.45, 2.75) is 82.2 Å². The number of fused-ring (bicyclic) bond motifs is 1. The molecule has 0 aromatic carbocycles. The van der Waals surface area contributed by atoms with Crippen molar-refractivity contribution < 1.29 is 90.1 Å². The average molecular weight is 747 g/mol. The smallest absolute Gasteiger partial charge is 0.463 e. The number of nitrogens with zero attached hydrogens (tertiary/aromatic N) is 4. The number of imidazole rings is 1. The number of nitrogens with two attached hydrogens (primary N) is 1. The lowest BCUT2D eigenvalue weighted by Gasteiger charge is -2.43. The highest BCUT2D eigenvalue weighted by Crippen LogP contribution is 2.61. The summed E-state index contributed by atoms with van der Waals surface area (Å²) in [5, 5.41) is 31.8. The summed E-state index contributed by atoms with van der Waals surface area (Å²) in [4.78, 5) is 66.9. The monoisotopic (exact) mass is 747 g/mol. The summed E-state index contributed by atoms with van der Waals surface area (Å²) in [6.07, 6.45) is -17.3. The van der Waals surface area contributed by atoms with Gasteiger partial charge in [0.15, 0.2) is 42.4 Å². The number of anilines is 1. The third-order valence-electron chi connectivity index (χ3n) is 6.80. The molecule has 4 heterocycles. The Labute approximate surface area is 274 Å². The minimum absolute atomic E-state index is 0.00461. The Bertz CT molecular complexity index is 1630. The second-order valence-corrected chi connectivity index (χ2v) is 13.5. The fraction of sp³-hybridized carbons (Fsp3) is 0.652. The average Bonchev–Trinajstić information content (AvgIpc) is 3.54. The number of ether oxygens (including phenoxy) is 5. The van der Waals surface area contributed by atoms with Gasteiger partial charge in [-0.2, -0.15) is 4.31 Å². The minimum Gasteiger partial charge on any atom is -0.463 e. The van der Waals surface area contributed by atoms with Crippen LogP contribution in [-0.2, 0) is 60.6 Å². The van der Waals surface area contributed by atoms with E-state index in [2.05, 4.69) is 33.0 Å². The highest BCUT2D eigenvalue weighted by molar-refractivity contribution is 7.61. The highest BCUT2D eigenvalue weighted by Gasteiger charge is 2.55. The number of alkyl halides is 1. The number of aromatic nitrogens is 4. The molecule has 2 saturated heterocycles. The molecular weight excluding hydrogens is 715 g/mol. The number of rotatable bonds is 13. The molecule has 7 unspecified atom stereocenters. The van der Waals surface area contributed by atoms with Crippen molar-refractivity contribution in [1.29, 1.82) is 0 Å². The molecule has 2 aromatic heterocycles. The largest absolute Gasteiger partial charge is 0.483 e. The quantitative estimate of drug-likeness (QED) is 0.0742. The maximum Gasteiger partial charge on any atom is 0.483 e. The van der Waals surface area contributed by atoms with Crippen LogP contribution in [0.5, 0.6) is 0 Å². The number of phosphoric ester groups is 2. The van der Waals surface area contributed by atoms with Gasteiger partial charge in [0.1, 0.15) is 49.0 Å². The van der Waals surface area contributed by atoms with E-state index in [9.17, 15) is 48.6 Å². The van der Waals surface area contributed by atoms with Crippen molar-refractivity contribution in [3.8, 4) is 0 Å². The Kier molecular flexibility index (Phi) is 12.1. The SMILES string of the molecule is CC(=O)OC[C@H](F)C1O[C@@H](OP(=O)(O)OP(=O)(O)OC[C@H]2O[C@@H](n3cnc4c(N)ncnc43)C(O)C2O)C(O)C(OC(C)=O)[C@@H]1OC(C)=O. The van der Waals surface area contributed by atoms with Crippen molar-refractivity contribution in [3.63, 3.8) is 0 Å². The summed E-state index contributed by atoms with van der Waals surface area (Å²) >= 11 is 0. The lowest BCUT2D eigenvalue weighted by Crippen LogP contribution is -2.63. The predicted octanol–water partition coefficient (Wildman–Crippen LogP) is -1.87. The van der Waals surface area contributed by atoms with E-state index < -0.39 is 108 Å². The van der Waals surface area contributed by atoms with Crippen molar-refractivity contribution in [2.75, 3.05) is 18.9 Å². The summed E-state index contributed by atoms with van der Waals surface area (Å²) in [5.74, 6) is -3.10. The Morgan fingerprint density at radius 3 is 2.24 bits per heavy atom. The molecule has 0 aliphatic carbocycles. The molecule has 26 heteroatoms. The molecule has 23 nitrogen and oxygen atoms in total. The molecular formula is C23H32FN5O18P2. The zero-order valence-electron chi connectivity index (χ0n) is 25.5. The topological polar surface area (TPSA) is 330 Å². The van der Waals surface area contributed by atoms with Gasteiger partial charge in [0.2, 0.25) is 0 Å². The number of hydrogen-bond acceptors (Lipinski definition) is 20. The normalized spacial score (nSPS) is 31.7. The molecule has 0 bridgehead atoms. The van der Waals surface area contributed by atoms with E-state index in [0.29, 0.717) is 0 Å². The van der Waals surface area contributed by atoms with Crippen LogP contribution >= 0.6 is 15.6 Å². The summed E-state index contributed by atoms with van der Waals surface area (Å²) < 4.78 is 80.6. The number of aliphatic hydroxyl groups is 3. The van der Waals surface area contributed by atoms with Gasteiger partial charge in [0, 0.05) is 20.8 Å². The molecule has 2 fully saturated rings. The fourth-order valence-electron chi connectivity index (χ4n) is 4.80. The van der Waals surface area contributed by atoms with E-state index >= 15 is 4.39 Å². The van der Waals surface area contributed by atoms with Crippen LogP contribution in [0.1, 0.15) is 27.0 Å². The number of hydrogen-bond donors (Lipinski definition) is 6. The Balaban J connectivity index is 1.45. The number of halogens is 1. The number of esters is 3. The van der Waals surface area contributed by atoms with Crippen LogP contribution in [0.3, 0.4) is 0 Å². The summed E-state index contributed by atoms with van der Waals surface area (Å²) in [5.41, 5.74) is 5.99. The van der Waals surface area contributed by atoms with E-state index in [1.807, 2.05) is 0 Å². The molecule has 0 amide bonds. The first-order valence-corrected chi connectivity index (χ1v) is 16.9. The molecule has 0 saturated carbocycles. The standard InChI is InChI=1S/C23H32FN5O18P2/c1-8(30)40-4-11(24)17-19(43-10(3)32)18(42-9(2)31)16(35)23(45-17)46-49(38,39)47-48(36,37)41-5-12-14(33)15(34)22(44-12)29-7-28-13-20(25)26-6-27-21(13)29/h6-7,11-12,14-19,22-23,33-35H,4-5H2,1-3H3,(H,36,37)(H,38,39)(H2,25,26,27)/t11-,12+,14?,15?,16?,17?,18?,19+,22+,23-/m0/s1. The van der Waals surface area contributed by atoms with Crippen LogP contribution in [0.25, 0.3) is 11.2 Å². The Morgan fingerprint density at radius 1 is 0.959 bits per heavy atom. The van der Waals surface area contributed by atoms with E-state index in [1.165, 1.54) is 10.9 Å². The number of aliphatic hydroxyl groups excluding tert-OH is 3. The molecule has 49 heavy (non-hydrogen) atoms. The van der Waals surface area contributed by atoms with Gasteiger partial charge < -0.3 is 54.5 Å². The summed E-state index contributed by atoms with van der Waals surface area (Å²) in [6, 6.07) is 0. The molecule has 7 N–H and O–H groups in total. The van der Waals surface area contributed by atoms with Gasteiger partial charge in [0.25, 0.3) is 0 Å². The minimum atomic E-state index is -5.86. The third kappa shape index (κ3) is 9.31. The van der Waals surface area contributed by atoms with Crippen LogP contribution in [0.15, 0.2) is 12.7 Å². The number of carbonyl (C=O) groups is 3. The molecule has 2 aliphatic heterocycles. The van der Waals surface area contributed by atoms with Gasteiger partial charge in [-0.25, -0.2) is 28.5 Å². The highest BCUT2D eigenvalue weighted by atomic mass is 31.3. The first-order valence-electron chi connectivity index (χ1n) is 13.9.